The maximum absolute atomic E-state index is 13.6. The van der Waals surface area contributed by atoms with Gasteiger partial charge in [0.15, 0.2) is 0 Å². The van der Waals surface area contributed by atoms with Gasteiger partial charge in [0.25, 0.3) is 0 Å². The quantitative estimate of drug-likeness (QED) is 0.513. The molecule has 0 bridgehead atoms. The Kier molecular flexibility index (Phi) is 4.88. The molecule has 0 atom stereocenters. The molecule has 0 aliphatic rings. The van der Waals surface area contributed by atoms with Crippen molar-refractivity contribution in [1.29, 1.82) is 0 Å². The number of carbonyl (C=O) groups is 1. The van der Waals surface area contributed by atoms with Crippen molar-refractivity contribution in [3.05, 3.63) is 82.5 Å². The average molecular weight is 397 g/mol. The molecule has 0 saturated carbocycles. The van der Waals surface area contributed by atoms with Gasteiger partial charge < -0.3 is 9.55 Å². The lowest BCUT2D eigenvalue weighted by atomic mass is 10.1. The molecule has 4 rings (SSSR count). The number of aromatic nitrogens is 3. The first-order valence-corrected chi connectivity index (χ1v) is 9.20. The van der Waals surface area contributed by atoms with Gasteiger partial charge in [-0.05, 0) is 42.3 Å². The molecule has 2 N–H and O–H groups in total. The van der Waals surface area contributed by atoms with Crippen LogP contribution in [0.3, 0.4) is 0 Å². The summed E-state index contributed by atoms with van der Waals surface area (Å²) in [5.41, 5.74) is 3.36. The summed E-state index contributed by atoms with van der Waals surface area (Å²) in [7, 11) is 0. The standard InChI is InChI=1S/C21H18ClFN4O/c1-13-16(17-10-15(23)6-7-19(17)25-13)11-20(28)26-21-24-8-9-27(21)12-14-4-2-3-5-18(14)22/h2-10,25H,11-12H2,1H3,(H,24,26,28). The van der Waals surface area contributed by atoms with E-state index in [1.165, 1.54) is 12.1 Å². The van der Waals surface area contributed by atoms with Gasteiger partial charge in [0, 0.05) is 34.0 Å². The molecule has 2 aromatic carbocycles. The van der Waals surface area contributed by atoms with E-state index in [4.69, 9.17) is 11.6 Å². The summed E-state index contributed by atoms with van der Waals surface area (Å²) < 4.78 is 15.4. The van der Waals surface area contributed by atoms with Gasteiger partial charge >= 0.3 is 0 Å². The lowest BCUT2D eigenvalue weighted by molar-refractivity contribution is -0.115. The third-order valence-electron chi connectivity index (χ3n) is 4.68. The number of aryl methyl sites for hydroxylation is 1. The molecular formula is C21H18ClFN4O. The first-order valence-electron chi connectivity index (χ1n) is 8.82. The Balaban J connectivity index is 1.53. The van der Waals surface area contributed by atoms with Gasteiger partial charge in [0.2, 0.25) is 11.9 Å². The van der Waals surface area contributed by atoms with E-state index in [0.29, 0.717) is 22.9 Å². The van der Waals surface area contributed by atoms with Gasteiger partial charge in [-0.1, -0.05) is 29.8 Å². The number of nitrogens with one attached hydrogen (secondary N) is 2. The Morgan fingerprint density at radius 3 is 2.93 bits per heavy atom. The lowest BCUT2D eigenvalue weighted by Gasteiger charge is -2.10. The number of fused-ring (bicyclic) bond motifs is 1. The highest BCUT2D eigenvalue weighted by Gasteiger charge is 2.15. The van der Waals surface area contributed by atoms with Crippen LogP contribution in [-0.2, 0) is 17.8 Å². The Hall–Kier alpha value is -3.12. The zero-order valence-electron chi connectivity index (χ0n) is 15.2. The summed E-state index contributed by atoms with van der Waals surface area (Å²) in [6.45, 7) is 2.37. The summed E-state index contributed by atoms with van der Waals surface area (Å²) >= 11 is 6.22. The fourth-order valence-corrected chi connectivity index (χ4v) is 3.48. The number of aromatic amines is 1. The average Bonchev–Trinajstić information content (AvgIpc) is 3.21. The third kappa shape index (κ3) is 3.64. The van der Waals surface area contributed by atoms with Crippen LogP contribution >= 0.6 is 11.6 Å². The van der Waals surface area contributed by atoms with Gasteiger partial charge in [-0.25, -0.2) is 9.37 Å². The van der Waals surface area contributed by atoms with Gasteiger partial charge in [-0.15, -0.1) is 0 Å². The number of carbonyl (C=O) groups excluding carboxylic acids is 1. The molecule has 0 fully saturated rings. The molecule has 2 heterocycles. The maximum atomic E-state index is 13.6. The minimum Gasteiger partial charge on any atom is -0.358 e. The van der Waals surface area contributed by atoms with Crippen molar-refractivity contribution in [2.45, 2.75) is 19.9 Å². The number of anilines is 1. The molecule has 0 aliphatic carbocycles. The second-order valence-corrected chi connectivity index (χ2v) is 7.02. The summed E-state index contributed by atoms with van der Waals surface area (Å²) in [5, 5.41) is 4.21. The van der Waals surface area contributed by atoms with E-state index in [1.54, 1.807) is 18.5 Å². The molecule has 1 amide bonds. The highest BCUT2D eigenvalue weighted by Crippen LogP contribution is 2.24. The van der Waals surface area contributed by atoms with E-state index in [9.17, 15) is 9.18 Å². The van der Waals surface area contributed by atoms with Crippen molar-refractivity contribution in [2.75, 3.05) is 5.32 Å². The number of nitrogens with zero attached hydrogens (tertiary/aromatic N) is 2. The predicted octanol–water partition coefficient (Wildman–Crippen LogP) is 4.69. The van der Waals surface area contributed by atoms with Gasteiger partial charge in [-0.2, -0.15) is 0 Å². The maximum Gasteiger partial charge on any atom is 0.231 e. The van der Waals surface area contributed by atoms with Crippen molar-refractivity contribution < 1.29 is 9.18 Å². The predicted molar refractivity (Wildman–Crippen MR) is 108 cm³/mol. The van der Waals surface area contributed by atoms with Crippen LogP contribution in [0.25, 0.3) is 10.9 Å². The highest BCUT2D eigenvalue weighted by molar-refractivity contribution is 6.31. The number of amides is 1. The molecule has 0 radical (unpaired) electrons. The molecule has 0 saturated heterocycles. The van der Waals surface area contributed by atoms with Crippen LogP contribution in [0.4, 0.5) is 10.3 Å². The Morgan fingerprint density at radius 2 is 2.11 bits per heavy atom. The first-order chi connectivity index (χ1) is 13.5. The second kappa shape index (κ2) is 7.48. The van der Waals surface area contributed by atoms with Gasteiger partial charge in [0.1, 0.15) is 5.82 Å². The molecule has 7 heteroatoms. The SMILES string of the molecule is Cc1[nH]c2ccc(F)cc2c1CC(=O)Nc1nccn1Cc1ccccc1Cl. The van der Waals surface area contributed by atoms with Crippen molar-refractivity contribution in [3.63, 3.8) is 0 Å². The van der Waals surface area contributed by atoms with E-state index < -0.39 is 0 Å². The normalized spacial score (nSPS) is 11.1. The first kappa shape index (κ1) is 18.3. The van der Waals surface area contributed by atoms with Crippen LogP contribution in [0.5, 0.6) is 0 Å². The van der Waals surface area contributed by atoms with E-state index in [0.717, 1.165) is 22.3 Å². The van der Waals surface area contributed by atoms with Crippen molar-refractivity contribution in [3.8, 4) is 0 Å². The Bertz CT molecular complexity index is 1160. The molecule has 4 aromatic rings. The summed E-state index contributed by atoms with van der Waals surface area (Å²) in [6.07, 6.45) is 3.53. The molecule has 0 spiro atoms. The van der Waals surface area contributed by atoms with Gasteiger partial charge in [-0.3, -0.25) is 10.1 Å². The third-order valence-corrected chi connectivity index (χ3v) is 5.05. The Labute approximate surface area is 166 Å². The van der Waals surface area contributed by atoms with Crippen molar-refractivity contribution >= 4 is 34.4 Å². The number of halogens is 2. The second-order valence-electron chi connectivity index (χ2n) is 6.61. The van der Waals surface area contributed by atoms with E-state index >= 15 is 0 Å². The topological polar surface area (TPSA) is 62.7 Å². The minimum absolute atomic E-state index is 0.119. The van der Waals surface area contributed by atoms with Crippen LogP contribution in [0.2, 0.25) is 5.02 Å². The number of benzene rings is 2. The van der Waals surface area contributed by atoms with E-state index in [2.05, 4.69) is 15.3 Å². The monoisotopic (exact) mass is 396 g/mol. The fraction of sp³-hybridized carbons (Fsp3) is 0.143. The summed E-state index contributed by atoms with van der Waals surface area (Å²) in [6, 6.07) is 12.1. The number of H-pyrrole nitrogens is 1. The number of hydrogen-bond acceptors (Lipinski definition) is 2. The number of rotatable bonds is 5. The Morgan fingerprint density at radius 1 is 1.29 bits per heavy atom. The smallest absolute Gasteiger partial charge is 0.231 e. The number of imidazole rings is 1. The minimum atomic E-state index is -0.330. The summed E-state index contributed by atoms with van der Waals surface area (Å²) in [5.74, 6) is -0.114. The lowest BCUT2D eigenvalue weighted by Crippen LogP contribution is -2.18. The largest absolute Gasteiger partial charge is 0.358 e. The highest BCUT2D eigenvalue weighted by atomic mass is 35.5. The summed E-state index contributed by atoms with van der Waals surface area (Å²) in [4.78, 5) is 20.0. The van der Waals surface area contributed by atoms with Crippen LogP contribution in [0, 0.1) is 12.7 Å². The van der Waals surface area contributed by atoms with Crippen LogP contribution < -0.4 is 5.32 Å². The fourth-order valence-electron chi connectivity index (χ4n) is 3.28. The van der Waals surface area contributed by atoms with Crippen molar-refractivity contribution in [1.82, 2.24) is 14.5 Å². The van der Waals surface area contributed by atoms with E-state index in [-0.39, 0.29) is 18.1 Å². The molecule has 5 nitrogen and oxygen atoms in total. The number of hydrogen-bond donors (Lipinski definition) is 2. The van der Waals surface area contributed by atoms with Crippen LogP contribution in [0.1, 0.15) is 16.8 Å². The van der Waals surface area contributed by atoms with Crippen LogP contribution in [-0.4, -0.2) is 20.4 Å². The zero-order valence-corrected chi connectivity index (χ0v) is 15.9. The molecular weight excluding hydrogens is 379 g/mol. The zero-order chi connectivity index (χ0) is 19.7. The molecule has 142 valence electrons. The van der Waals surface area contributed by atoms with Crippen molar-refractivity contribution in [2.24, 2.45) is 0 Å². The van der Waals surface area contributed by atoms with Gasteiger partial charge in [0.05, 0.1) is 13.0 Å². The molecule has 2 aromatic heterocycles. The van der Waals surface area contributed by atoms with E-state index in [1.807, 2.05) is 35.8 Å². The molecule has 28 heavy (non-hydrogen) atoms. The molecule has 0 unspecified atom stereocenters. The van der Waals surface area contributed by atoms with Crippen LogP contribution in [0.15, 0.2) is 54.9 Å². The molecule has 0 aliphatic heterocycles.